The Hall–Kier alpha value is -2.03. The van der Waals surface area contributed by atoms with Gasteiger partial charge in [-0.2, -0.15) is 0 Å². The second-order valence-electron chi connectivity index (χ2n) is 6.45. The van der Waals surface area contributed by atoms with Crippen molar-refractivity contribution in [3.8, 4) is 0 Å². The van der Waals surface area contributed by atoms with E-state index in [-0.39, 0.29) is 0 Å². The van der Waals surface area contributed by atoms with Gasteiger partial charge in [0, 0.05) is 0 Å². The summed E-state index contributed by atoms with van der Waals surface area (Å²) >= 11 is 0. The van der Waals surface area contributed by atoms with Crippen LogP contribution < -0.4 is 10.4 Å². The summed E-state index contributed by atoms with van der Waals surface area (Å²) in [6.07, 6.45) is 8.70. The maximum atomic E-state index is 6.70. The molecule has 0 spiro atoms. The Bertz CT molecular complexity index is 803. The van der Waals surface area contributed by atoms with Gasteiger partial charge >= 0.3 is 9.28 Å². The summed E-state index contributed by atoms with van der Waals surface area (Å²) in [5.41, 5.74) is 4.03. The molecule has 0 radical (unpaired) electrons. The molecule has 0 aliphatic heterocycles. The van der Waals surface area contributed by atoms with Crippen LogP contribution in [0.4, 0.5) is 0 Å². The van der Waals surface area contributed by atoms with Crippen LogP contribution in [0.2, 0.25) is 0 Å². The molecule has 0 saturated carbocycles. The predicted octanol–water partition coefficient (Wildman–Crippen LogP) is 2.77. The number of hydrogen-bond acceptors (Lipinski definition) is 2. The van der Waals surface area contributed by atoms with Crippen molar-refractivity contribution in [2.24, 2.45) is 0 Å². The lowest BCUT2D eigenvalue weighted by molar-refractivity contribution is 0.463. The Morgan fingerprint density at radius 3 is 1.93 bits per heavy atom. The van der Waals surface area contributed by atoms with E-state index in [4.69, 9.17) is 8.23 Å². The molecule has 27 heavy (non-hydrogen) atoms. The molecule has 0 bridgehead atoms. The van der Waals surface area contributed by atoms with Gasteiger partial charge in [-0.25, -0.2) is 0 Å². The van der Waals surface area contributed by atoms with Crippen LogP contribution in [0.3, 0.4) is 0 Å². The van der Waals surface area contributed by atoms with Crippen LogP contribution in [-0.4, -0.2) is 27.4 Å². The Morgan fingerprint density at radius 1 is 0.778 bits per heavy atom. The van der Waals surface area contributed by atoms with E-state index in [9.17, 15) is 0 Å². The molecule has 0 amide bonds. The molecule has 0 N–H and O–H groups in total. The van der Waals surface area contributed by atoms with E-state index < -0.39 is 27.4 Å². The van der Waals surface area contributed by atoms with Crippen molar-refractivity contribution >= 4 is 37.7 Å². The minimum absolute atomic E-state index is 1.07. The first-order valence-corrected chi connectivity index (χ1v) is 14.3. The first kappa shape index (κ1) is 19.7. The van der Waals surface area contributed by atoms with Gasteiger partial charge in [-0.1, -0.05) is 95.5 Å². The smallest absolute Gasteiger partial charge is 0.335 e. The highest BCUT2D eigenvalue weighted by atomic mass is 28.4. The van der Waals surface area contributed by atoms with E-state index in [0.717, 1.165) is 12.8 Å². The van der Waals surface area contributed by atoms with Crippen LogP contribution in [0, 0.1) is 0 Å². The summed E-state index contributed by atoms with van der Waals surface area (Å²) in [4.78, 5) is 0. The van der Waals surface area contributed by atoms with Crippen LogP contribution in [0.1, 0.15) is 12.8 Å². The number of hydrogen-bond donors (Lipinski definition) is 0. The zero-order valence-electron chi connectivity index (χ0n) is 15.5. The second kappa shape index (κ2) is 10.3. The molecule has 0 aromatic heterocycles. The Balaban J connectivity index is 1.84. The van der Waals surface area contributed by atoms with Crippen LogP contribution in [0.15, 0.2) is 109 Å². The molecule has 0 fully saturated rings. The quantitative estimate of drug-likeness (QED) is 0.596. The van der Waals surface area contributed by atoms with Crippen LogP contribution >= 0.6 is 0 Å². The third kappa shape index (κ3) is 5.48. The van der Waals surface area contributed by atoms with Gasteiger partial charge in [0.1, 0.15) is 0 Å². The number of allylic oxidation sites excluding steroid dienone is 4. The SMILES string of the molecule is C=C[SiH](O[SiH](O[SiH](C=C)c1ccccc1)c1ccccc1)C1=CC=CCC1. The van der Waals surface area contributed by atoms with Crippen molar-refractivity contribution in [3.63, 3.8) is 0 Å². The molecule has 0 saturated heterocycles. The fraction of sp³-hybridized carbons (Fsp3) is 0.0909. The molecule has 5 heteroatoms. The molecule has 3 rings (SSSR count). The lowest BCUT2D eigenvalue weighted by Gasteiger charge is -2.27. The van der Waals surface area contributed by atoms with Crippen LogP contribution in [0.5, 0.6) is 0 Å². The van der Waals surface area contributed by atoms with E-state index in [1.54, 1.807) is 0 Å². The monoisotopic (exact) mass is 406 g/mol. The average Bonchev–Trinajstić information content (AvgIpc) is 2.76. The zero-order valence-corrected chi connectivity index (χ0v) is 19.0. The molecule has 3 unspecified atom stereocenters. The molecule has 1 aliphatic rings. The van der Waals surface area contributed by atoms with Gasteiger partial charge in [0.25, 0.3) is 0 Å². The lowest BCUT2D eigenvalue weighted by atomic mass is 10.2. The summed E-state index contributed by atoms with van der Waals surface area (Å²) in [7, 11) is -5.51. The van der Waals surface area contributed by atoms with E-state index in [1.807, 2.05) is 23.5 Å². The first-order valence-electron chi connectivity index (χ1n) is 9.33. The Morgan fingerprint density at radius 2 is 1.37 bits per heavy atom. The fourth-order valence-electron chi connectivity index (χ4n) is 3.13. The van der Waals surface area contributed by atoms with E-state index in [1.165, 1.54) is 15.6 Å². The maximum absolute atomic E-state index is 6.70. The normalized spacial score (nSPS) is 16.8. The van der Waals surface area contributed by atoms with Crippen molar-refractivity contribution in [1.82, 2.24) is 0 Å². The Kier molecular flexibility index (Phi) is 7.56. The molecule has 0 heterocycles. The molecule has 1 aliphatic carbocycles. The van der Waals surface area contributed by atoms with Crippen molar-refractivity contribution in [2.75, 3.05) is 0 Å². The summed E-state index contributed by atoms with van der Waals surface area (Å²) in [5.74, 6) is 0. The zero-order chi connectivity index (χ0) is 18.9. The van der Waals surface area contributed by atoms with Crippen molar-refractivity contribution in [3.05, 3.63) is 109 Å². The molecule has 2 nitrogen and oxygen atoms in total. The third-order valence-electron chi connectivity index (χ3n) is 4.58. The van der Waals surface area contributed by atoms with Crippen LogP contribution in [-0.2, 0) is 8.23 Å². The number of rotatable bonds is 9. The highest BCUT2D eigenvalue weighted by molar-refractivity contribution is 6.84. The Labute approximate surface area is 167 Å². The lowest BCUT2D eigenvalue weighted by Crippen LogP contribution is -2.48. The minimum atomic E-state index is -2.07. The molecule has 2 aromatic rings. The summed E-state index contributed by atoms with van der Waals surface area (Å²) < 4.78 is 13.4. The standard InChI is InChI=1S/C22H26O2Si3/c1-3-25(20-14-8-5-9-15-20)23-27(22-18-12-7-13-19-22)24-26(4-2)21-16-10-6-11-17-21/h3-10,12-16,18-19,25-27H,1-2,11,17H2. The highest BCUT2D eigenvalue weighted by Gasteiger charge is 2.27. The van der Waals surface area contributed by atoms with Gasteiger partial charge in [0.15, 0.2) is 0 Å². The second-order valence-corrected chi connectivity index (χ2v) is 14.0. The van der Waals surface area contributed by atoms with Crippen molar-refractivity contribution in [2.45, 2.75) is 12.8 Å². The maximum Gasteiger partial charge on any atom is 0.335 e. The van der Waals surface area contributed by atoms with Crippen molar-refractivity contribution < 1.29 is 8.23 Å². The van der Waals surface area contributed by atoms with Gasteiger partial charge < -0.3 is 8.23 Å². The van der Waals surface area contributed by atoms with Crippen LogP contribution in [0.25, 0.3) is 0 Å². The highest BCUT2D eigenvalue weighted by Crippen LogP contribution is 2.17. The average molecular weight is 407 g/mol. The first-order chi connectivity index (χ1) is 13.3. The third-order valence-corrected chi connectivity index (χ3v) is 12.9. The summed E-state index contributed by atoms with van der Waals surface area (Å²) in [5, 5.41) is 3.82. The van der Waals surface area contributed by atoms with E-state index in [0.29, 0.717) is 0 Å². The topological polar surface area (TPSA) is 18.5 Å². The van der Waals surface area contributed by atoms with Gasteiger partial charge in [0.05, 0.1) is 0 Å². The van der Waals surface area contributed by atoms with Gasteiger partial charge in [-0.3, -0.25) is 0 Å². The van der Waals surface area contributed by atoms with Gasteiger partial charge in [0.2, 0.25) is 18.1 Å². The predicted molar refractivity (Wildman–Crippen MR) is 123 cm³/mol. The van der Waals surface area contributed by atoms with E-state index >= 15 is 0 Å². The molecule has 2 aromatic carbocycles. The summed E-state index contributed by atoms with van der Waals surface area (Å²) in [6, 6.07) is 20.8. The van der Waals surface area contributed by atoms with Gasteiger partial charge in [-0.05, 0) is 23.2 Å². The summed E-state index contributed by atoms with van der Waals surface area (Å²) in [6.45, 7) is 8.12. The molecular weight excluding hydrogens is 380 g/mol. The fourth-order valence-corrected chi connectivity index (χ4v) is 12.0. The molecular formula is C22H26O2Si3. The van der Waals surface area contributed by atoms with E-state index in [2.05, 4.69) is 79.9 Å². The van der Waals surface area contributed by atoms with Crippen molar-refractivity contribution in [1.29, 1.82) is 0 Å². The molecule has 3 atom stereocenters. The van der Waals surface area contributed by atoms with Gasteiger partial charge in [-0.15, -0.1) is 13.2 Å². The number of benzene rings is 2. The molecule has 138 valence electrons. The largest absolute Gasteiger partial charge is 0.431 e. The minimum Gasteiger partial charge on any atom is -0.431 e.